The van der Waals surface area contributed by atoms with Crippen molar-refractivity contribution in [3.8, 4) is 5.75 Å². The molecule has 1 unspecified atom stereocenters. The van der Waals surface area contributed by atoms with Gasteiger partial charge in [-0.1, -0.05) is 16.8 Å². The maximum atomic E-state index is 12.2. The Labute approximate surface area is 126 Å². The second kappa shape index (κ2) is 5.37. The van der Waals surface area contributed by atoms with E-state index in [9.17, 15) is 4.79 Å². The maximum absolute atomic E-state index is 12.2. The Morgan fingerprint density at radius 1 is 1.48 bits per heavy atom. The van der Waals surface area contributed by atoms with Gasteiger partial charge in [0.1, 0.15) is 5.75 Å². The van der Waals surface area contributed by atoms with E-state index in [0.717, 1.165) is 5.69 Å². The zero-order valence-electron chi connectivity index (χ0n) is 11.7. The number of rotatable bonds is 3. The van der Waals surface area contributed by atoms with Crippen molar-refractivity contribution in [2.75, 3.05) is 18.6 Å². The fourth-order valence-electron chi connectivity index (χ4n) is 2.43. The predicted molar refractivity (Wildman–Crippen MR) is 76.8 cm³/mol. The summed E-state index contributed by atoms with van der Waals surface area (Å²) in [5, 5.41) is 4.37. The normalized spacial score (nSPS) is 18.3. The molecule has 2 aromatic rings. The van der Waals surface area contributed by atoms with Crippen LogP contribution < -0.4 is 9.64 Å². The number of carbonyl (C=O) groups excluding carboxylic acids is 1. The van der Waals surface area contributed by atoms with E-state index in [1.807, 2.05) is 6.07 Å². The van der Waals surface area contributed by atoms with Crippen molar-refractivity contribution in [3.05, 3.63) is 34.9 Å². The quantitative estimate of drug-likeness (QED) is 0.871. The average Bonchev–Trinajstić information content (AvgIpc) is 3.05. The van der Waals surface area contributed by atoms with E-state index >= 15 is 0 Å². The molecule has 0 N–H and O–H groups in total. The molecule has 7 heteroatoms. The largest absolute Gasteiger partial charge is 0.495 e. The molecule has 3 rings (SSSR count). The molecular formula is C14H14ClN3O3. The third-order valence-corrected chi connectivity index (χ3v) is 3.78. The highest BCUT2D eigenvalue weighted by Gasteiger charge is 2.34. The zero-order chi connectivity index (χ0) is 15.0. The molecule has 1 aromatic carbocycles. The first kappa shape index (κ1) is 13.9. The lowest BCUT2D eigenvalue weighted by atomic mass is 10.1. The summed E-state index contributed by atoms with van der Waals surface area (Å²) in [6, 6.07) is 5.28. The monoisotopic (exact) mass is 307 g/mol. The Hall–Kier alpha value is -2.08. The van der Waals surface area contributed by atoms with E-state index in [1.165, 1.54) is 0 Å². The molecule has 1 aliphatic heterocycles. The minimum Gasteiger partial charge on any atom is -0.495 e. The SMILES string of the molecule is COc1ccc(N2CC(c3noc(C)n3)CC2=O)cc1Cl. The molecule has 1 atom stereocenters. The molecule has 110 valence electrons. The molecule has 21 heavy (non-hydrogen) atoms. The van der Waals surface area contributed by atoms with E-state index in [4.69, 9.17) is 20.9 Å². The van der Waals surface area contributed by atoms with Crippen molar-refractivity contribution in [1.82, 2.24) is 10.1 Å². The minimum atomic E-state index is -0.0594. The van der Waals surface area contributed by atoms with E-state index in [2.05, 4.69) is 10.1 Å². The van der Waals surface area contributed by atoms with Crippen molar-refractivity contribution in [2.45, 2.75) is 19.3 Å². The van der Waals surface area contributed by atoms with E-state index < -0.39 is 0 Å². The standard InChI is InChI=1S/C14H14ClN3O3/c1-8-16-14(17-21-8)9-5-13(19)18(7-9)10-3-4-12(20-2)11(15)6-10/h3-4,6,9H,5,7H2,1-2H3. The smallest absolute Gasteiger partial charge is 0.227 e. The second-order valence-electron chi connectivity index (χ2n) is 4.90. The molecule has 0 saturated carbocycles. The second-order valence-corrected chi connectivity index (χ2v) is 5.30. The van der Waals surface area contributed by atoms with Crippen LogP contribution in [0.15, 0.2) is 22.7 Å². The molecule has 2 heterocycles. The van der Waals surface area contributed by atoms with Gasteiger partial charge in [-0.05, 0) is 18.2 Å². The summed E-state index contributed by atoms with van der Waals surface area (Å²) in [7, 11) is 1.55. The molecular weight excluding hydrogens is 294 g/mol. The zero-order valence-corrected chi connectivity index (χ0v) is 12.4. The van der Waals surface area contributed by atoms with Crippen LogP contribution >= 0.6 is 11.6 Å². The van der Waals surface area contributed by atoms with Crippen LogP contribution in [-0.2, 0) is 4.79 Å². The number of nitrogens with zero attached hydrogens (tertiary/aromatic N) is 3. The molecule has 0 radical (unpaired) electrons. The van der Waals surface area contributed by atoms with Crippen LogP contribution in [0.25, 0.3) is 0 Å². The minimum absolute atomic E-state index is 0.0173. The van der Waals surface area contributed by atoms with Gasteiger partial charge in [0.05, 0.1) is 12.1 Å². The summed E-state index contributed by atoms with van der Waals surface area (Å²) in [5.41, 5.74) is 0.744. The Morgan fingerprint density at radius 3 is 2.90 bits per heavy atom. The molecule has 1 amide bonds. The first-order chi connectivity index (χ1) is 10.1. The molecule has 1 fully saturated rings. The fourth-order valence-corrected chi connectivity index (χ4v) is 2.69. The number of hydrogen-bond acceptors (Lipinski definition) is 5. The molecule has 0 spiro atoms. The highest BCUT2D eigenvalue weighted by atomic mass is 35.5. The Morgan fingerprint density at radius 2 is 2.29 bits per heavy atom. The van der Waals surface area contributed by atoms with Crippen LogP contribution in [0.2, 0.25) is 5.02 Å². The van der Waals surface area contributed by atoms with Crippen LogP contribution in [0, 0.1) is 6.92 Å². The third-order valence-electron chi connectivity index (χ3n) is 3.48. The molecule has 1 saturated heterocycles. The van der Waals surface area contributed by atoms with Crippen LogP contribution in [0.4, 0.5) is 5.69 Å². The average molecular weight is 308 g/mol. The van der Waals surface area contributed by atoms with Crippen LogP contribution in [0.5, 0.6) is 5.75 Å². The number of benzene rings is 1. The van der Waals surface area contributed by atoms with Crippen LogP contribution in [0.1, 0.15) is 24.1 Å². The fraction of sp³-hybridized carbons (Fsp3) is 0.357. The van der Waals surface area contributed by atoms with Gasteiger partial charge in [0.15, 0.2) is 5.82 Å². The van der Waals surface area contributed by atoms with Gasteiger partial charge < -0.3 is 14.2 Å². The summed E-state index contributed by atoms with van der Waals surface area (Å²) < 4.78 is 10.1. The molecule has 0 bridgehead atoms. The first-order valence-corrected chi connectivity index (χ1v) is 6.90. The van der Waals surface area contributed by atoms with E-state index in [1.54, 1.807) is 31.1 Å². The number of carbonyl (C=O) groups is 1. The number of ether oxygens (including phenoxy) is 1. The number of amides is 1. The van der Waals surface area contributed by atoms with Crippen molar-refractivity contribution in [3.63, 3.8) is 0 Å². The summed E-state index contributed by atoms with van der Waals surface area (Å²) in [6.07, 6.45) is 0.364. The Kier molecular flexibility index (Phi) is 3.55. The predicted octanol–water partition coefficient (Wildman–Crippen LogP) is 2.56. The van der Waals surface area contributed by atoms with Gasteiger partial charge in [-0.2, -0.15) is 4.98 Å². The van der Waals surface area contributed by atoms with Gasteiger partial charge in [0.2, 0.25) is 11.8 Å². The van der Waals surface area contributed by atoms with Gasteiger partial charge in [-0.15, -0.1) is 0 Å². The third kappa shape index (κ3) is 2.58. The number of methoxy groups -OCH3 is 1. The molecule has 1 aliphatic rings. The Bertz CT molecular complexity index is 686. The van der Waals surface area contributed by atoms with Gasteiger partial charge in [0, 0.05) is 31.5 Å². The number of aryl methyl sites for hydroxylation is 1. The van der Waals surface area contributed by atoms with Crippen molar-refractivity contribution >= 4 is 23.2 Å². The number of anilines is 1. The van der Waals surface area contributed by atoms with Gasteiger partial charge >= 0.3 is 0 Å². The highest BCUT2D eigenvalue weighted by molar-refractivity contribution is 6.32. The highest BCUT2D eigenvalue weighted by Crippen LogP contribution is 2.34. The lowest BCUT2D eigenvalue weighted by molar-refractivity contribution is -0.117. The van der Waals surface area contributed by atoms with Crippen molar-refractivity contribution in [2.24, 2.45) is 0 Å². The van der Waals surface area contributed by atoms with E-state index in [-0.39, 0.29) is 11.8 Å². The topological polar surface area (TPSA) is 68.5 Å². The lowest BCUT2D eigenvalue weighted by Crippen LogP contribution is -2.24. The van der Waals surface area contributed by atoms with Gasteiger partial charge in [0.25, 0.3) is 0 Å². The Balaban J connectivity index is 1.83. The number of aromatic nitrogens is 2. The van der Waals surface area contributed by atoms with Crippen LogP contribution in [-0.4, -0.2) is 29.7 Å². The summed E-state index contributed by atoms with van der Waals surface area (Å²) in [6.45, 7) is 2.24. The summed E-state index contributed by atoms with van der Waals surface area (Å²) in [5.74, 6) is 1.61. The van der Waals surface area contributed by atoms with Crippen molar-refractivity contribution < 1.29 is 14.1 Å². The van der Waals surface area contributed by atoms with Crippen molar-refractivity contribution in [1.29, 1.82) is 0 Å². The maximum Gasteiger partial charge on any atom is 0.227 e. The van der Waals surface area contributed by atoms with E-state index in [0.29, 0.717) is 35.5 Å². The van der Waals surface area contributed by atoms with Crippen LogP contribution in [0.3, 0.4) is 0 Å². The summed E-state index contributed by atoms with van der Waals surface area (Å²) >= 11 is 6.11. The molecule has 6 nitrogen and oxygen atoms in total. The summed E-state index contributed by atoms with van der Waals surface area (Å²) in [4.78, 5) is 18.1. The van der Waals surface area contributed by atoms with Gasteiger partial charge in [-0.25, -0.2) is 0 Å². The number of hydrogen-bond donors (Lipinski definition) is 0. The molecule has 1 aromatic heterocycles. The first-order valence-electron chi connectivity index (χ1n) is 6.52. The lowest BCUT2D eigenvalue weighted by Gasteiger charge is -2.17. The van der Waals surface area contributed by atoms with Gasteiger partial charge in [-0.3, -0.25) is 4.79 Å². The molecule has 0 aliphatic carbocycles. The number of halogens is 1.